The van der Waals surface area contributed by atoms with E-state index in [9.17, 15) is 0 Å². The van der Waals surface area contributed by atoms with Gasteiger partial charge in [0.25, 0.3) is 0 Å². The minimum atomic E-state index is 0.122. The summed E-state index contributed by atoms with van der Waals surface area (Å²) in [6.45, 7) is 63.6. The van der Waals surface area contributed by atoms with E-state index in [4.69, 9.17) is 5.11 Å². The van der Waals surface area contributed by atoms with Gasteiger partial charge in [-0.25, -0.2) is 0 Å². The Labute approximate surface area is 264 Å². The molecule has 0 saturated carbocycles. The van der Waals surface area contributed by atoms with Crippen LogP contribution in [0.3, 0.4) is 0 Å². The molecule has 2 nitrogen and oxygen atoms in total. The first-order valence-corrected chi connectivity index (χ1v) is 13.3. The summed E-state index contributed by atoms with van der Waals surface area (Å²) in [5.41, 5.74) is 0. The second-order valence-electron chi connectivity index (χ2n) is 5.62. The van der Waals surface area contributed by atoms with Gasteiger partial charge in [-0.2, -0.15) is 0 Å². The maximum atomic E-state index is 7.94. The summed E-state index contributed by atoms with van der Waals surface area (Å²) in [5.74, 6) is 0. The minimum absolute atomic E-state index is 0.122. The summed E-state index contributed by atoms with van der Waals surface area (Å²) in [4.78, 5) is 0. The lowest BCUT2D eigenvalue weighted by Crippen LogP contribution is -1.91. The molecule has 1 N–H and O–H groups in total. The first-order chi connectivity index (χ1) is 19.4. The monoisotopic (exact) mass is 581 g/mol. The highest BCUT2D eigenvalue weighted by Crippen LogP contribution is 1.56. The van der Waals surface area contributed by atoms with E-state index < -0.39 is 0 Å². The molecule has 0 fully saturated rings. The van der Waals surface area contributed by atoms with Crippen molar-refractivity contribution in [3.8, 4) is 0 Å². The fourth-order valence-corrected chi connectivity index (χ4v) is 0.0913. The Balaban J connectivity index is -0.0000000189. The van der Waals surface area contributed by atoms with Crippen molar-refractivity contribution in [3.63, 3.8) is 0 Å². The summed E-state index contributed by atoms with van der Waals surface area (Å²) in [6.07, 6.45) is 21.0. The van der Waals surface area contributed by atoms with E-state index in [0.29, 0.717) is 6.61 Å². The second kappa shape index (κ2) is 339. The molecule has 0 rings (SSSR count). The lowest BCUT2D eigenvalue weighted by Gasteiger charge is -1.84. The molecule has 0 aliphatic heterocycles. The third kappa shape index (κ3) is 30900. The zero-order chi connectivity index (χ0) is 36.6. The Bertz CT molecular complexity index is 269. The zero-order valence-electron chi connectivity index (χ0n) is 30.7. The van der Waals surface area contributed by atoms with Gasteiger partial charge in [0.2, 0.25) is 0 Å². The number of rotatable bonds is 2. The Kier molecular flexibility index (Phi) is 688. The van der Waals surface area contributed by atoms with Gasteiger partial charge in [0.15, 0.2) is 0 Å². The van der Waals surface area contributed by atoms with Crippen LogP contribution in [0.4, 0.5) is 0 Å². The van der Waals surface area contributed by atoms with Gasteiger partial charge in [-0.15, -0.1) is 78.9 Å². The molecule has 0 aromatic carbocycles. The number of ether oxygens (including phenoxy) is 1. The first kappa shape index (κ1) is 83.2. The molecule has 0 radical (unpaired) electrons. The zero-order valence-corrected chi connectivity index (χ0v) is 30.7. The van der Waals surface area contributed by atoms with Crippen LogP contribution in [-0.2, 0) is 4.74 Å². The van der Waals surface area contributed by atoms with Crippen LogP contribution in [0.1, 0.15) is 83.1 Å². The third-order valence-corrected chi connectivity index (χ3v) is 0.295. The van der Waals surface area contributed by atoms with Crippen LogP contribution < -0.4 is 0 Å². The SMILES string of the molecule is C=CC.C=CC.C=CC.C=CC.C=CC.C=CC.C=CC.C=CC.C=CC.C=CC.C=CC.C=CC.COCCO. The largest absolute Gasteiger partial charge is 0.394 e. The molecule has 0 unspecified atom stereocenters. The standard InChI is InChI=1S/C3H8O2.12C3H6/c1-5-3-2-4;12*1-3-2/h4H,2-3H2,1H3;12*3H,1H2,2H3. The fraction of sp³-hybridized carbons (Fsp3) is 0.385. The Morgan fingerprint density at radius 2 is 0.415 bits per heavy atom. The number of allylic oxidation sites excluding steroid dienone is 12. The Morgan fingerprint density at radius 3 is 0.415 bits per heavy atom. The maximum Gasteiger partial charge on any atom is 0.0693 e. The Morgan fingerprint density at radius 1 is 0.341 bits per heavy atom. The fourth-order valence-electron chi connectivity index (χ4n) is 0.0913. The van der Waals surface area contributed by atoms with Crippen LogP contribution in [0.5, 0.6) is 0 Å². The minimum Gasteiger partial charge on any atom is -0.394 e. The van der Waals surface area contributed by atoms with Crippen molar-refractivity contribution in [1.82, 2.24) is 0 Å². The first-order valence-electron chi connectivity index (χ1n) is 13.3. The average molecular weight is 581 g/mol. The molecule has 0 spiro atoms. The number of hydrogen-bond donors (Lipinski definition) is 1. The molecule has 0 bridgehead atoms. The molecule has 0 aliphatic carbocycles. The van der Waals surface area contributed by atoms with Crippen LogP contribution in [0, 0.1) is 0 Å². The van der Waals surface area contributed by atoms with Gasteiger partial charge in [0.1, 0.15) is 0 Å². The summed E-state index contributed by atoms with van der Waals surface area (Å²) in [6, 6.07) is 0. The average Bonchev–Trinajstić information content (AvgIpc) is 2.86. The van der Waals surface area contributed by atoms with Gasteiger partial charge in [-0.3, -0.25) is 0 Å². The smallest absolute Gasteiger partial charge is 0.0693 e. The van der Waals surface area contributed by atoms with Gasteiger partial charge in [-0.1, -0.05) is 72.9 Å². The van der Waals surface area contributed by atoms with Gasteiger partial charge in [0, 0.05) is 7.11 Å². The number of hydrogen-bond acceptors (Lipinski definition) is 2. The lowest BCUT2D eigenvalue weighted by molar-refractivity contribution is 0.135. The molecule has 0 atom stereocenters. The predicted octanol–water partition coefficient (Wildman–Crippen LogP) is 13.9. The van der Waals surface area contributed by atoms with Crippen LogP contribution in [0.2, 0.25) is 0 Å². The van der Waals surface area contributed by atoms with E-state index in [1.54, 1.807) is 80.0 Å². The highest BCUT2D eigenvalue weighted by Gasteiger charge is 1.67. The van der Waals surface area contributed by atoms with Gasteiger partial charge < -0.3 is 9.84 Å². The molecule has 0 aliphatic rings. The van der Waals surface area contributed by atoms with Crippen molar-refractivity contribution in [2.45, 2.75) is 83.1 Å². The van der Waals surface area contributed by atoms with E-state index in [1.165, 1.54) is 0 Å². The van der Waals surface area contributed by atoms with Crippen molar-refractivity contribution in [2.24, 2.45) is 0 Å². The van der Waals surface area contributed by atoms with E-state index in [1.807, 2.05) is 83.1 Å². The molecule has 0 amide bonds. The van der Waals surface area contributed by atoms with Crippen molar-refractivity contribution >= 4 is 0 Å². The Hall–Kier alpha value is -3.20. The molecule has 0 heterocycles. The highest BCUT2D eigenvalue weighted by atomic mass is 16.5. The molecule has 2 heteroatoms. The molecule has 0 aromatic rings. The normalized spacial score (nSPS) is 4.83. The number of methoxy groups -OCH3 is 1. The van der Waals surface area contributed by atoms with Crippen LogP contribution >= 0.6 is 0 Å². The summed E-state index contributed by atoms with van der Waals surface area (Å²) >= 11 is 0. The molecular formula is C39H80O2. The van der Waals surface area contributed by atoms with Gasteiger partial charge in [-0.05, 0) is 83.1 Å². The van der Waals surface area contributed by atoms with E-state index in [2.05, 4.69) is 83.7 Å². The maximum absolute atomic E-state index is 7.94. The number of aliphatic hydroxyl groups excluding tert-OH is 1. The molecule has 0 saturated heterocycles. The van der Waals surface area contributed by atoms with Crippen molar-refractivity contribution in [3.05, 3.63) is 152 Å². The van der Waals surface area contributed by atoms with Crippen LogP contribution in [0.25, 0.3) is 0 Å². The topological polar surface area (TPSA) is 29.5 Å². The van der Waals surface area contributed by atoms with Crippen molar-refractivity contribution in [2.75, 3.05) is 20.3 Å². The van der Waals surface area contributed by atoms with E-state index in [-0.39, 0.29) is 6.61 Å². The summed E-state index contributed by atoms with van der Waals surface area (Å²) < 4.78 is 4.44. The van der Waals surface area contributed by atoms with E-state index >= 15 is 0 Å². The van der Waals surface area contributed by atoms with Gasteiger partial charge in [0.05, 0.1) is 13.2 Å². The molecular weight excluding hydrogens is 500 g/mol. The predicted molar refractivity (Wildman–Crippen MR) is 209 cm³/mol. The summed E-state index contributed by atoms with van der Waals surface area (Å²) in [7, 11) is 1.55. The molecule has 0 aromatic heterocycles. The summed E-state index contributed by atoms with van der Waals surface area (Å²) in [5, 5.41) is 7.94. The van der Waals surface area contributed by atoms with Gasteiger partial charge >= 0.3 is 0 Å². The van der Waals surface area contributed by atoms with Crippen molar-refractivity contribution < 1.29 is 9.84 Å². The third-order valence-electron chi connectivity index (χ3n) is 0.295. The van der Waals surface area contributed by atoms with Crippen molar-refractivity contribution in [1.29, 1.82) is 0 Å². The lowest BCUT2D eigenvalue weighted by atomic mass is 10.8. The molecule has 248 valence electrons. The van der Waals surface area contributed by atoms with Crippen LogP contribution in [0.15, 0.2) is 152 Å². The quantitative estimate of drug-likeness (QED) is 0.329. The number of aliphatic hydroxyl groups is 1. The molecule has 41 heavy (non-hydrogen) atoms. The second-order valence-corrected chi connectivity index (χ2v) is 5.62. The highest BCUT2D eigenvalue weighted by molar-refractivity contribution is 4.54. The van der Waals surface area contributed by atoms with E-state index in [0.717, 1.165) is 0 Å². The van der Waals surface area contributed by atoms with Crippen LogP contribution in [-0.4, -0.2) is 25.4 Å².